The third-order valence-corrected chi connectivity index (χ3v) is 15.3. The van der Waals surface area contributed by atoms with Gasteiger partial charge in [-0.25, -0.2) is 19.5 Å². The monoisotopic (exact) mass is 1280 g/mol. The zero-order valence-corrected chi connectivity index (χ0v) is 52.8. The van der Waals surface area contributed by atoms with E-state index in [0.29, 0.717) is 101 Å². The van der Waals surface area contributed by atoms with Crippen LogP contribution in [0.15, 0.2) is 209 Å². The first-order valence-electron chi connectivity index (χ1n) is 29.0. The Hall–Kier alpha value is -11.8. The lowest BCUT2D eigenvalue weighted by atomic mass is 10.1. The first-order chi connectivity index (χ1) is 45.4. The number of benzene rings is 9. The van der Waals surface area contributed by atoms with E-state index in [1.807, 2.05) is 86.6 Å². The van der Waals surface area contributed by atoms with Crippen molar-refractivity contribution in [1.82, 2.24) is 28.7 Å². The van der Waals surface area contributed by atoms with Crippen LogP contribution in [0.5, 0.6) is 46.0 Å². The zero-order chi connectivity index (χ0) is 66.6. The van der Waals surface area contributed by atoms with E-state index in [2.05, 4.69) is 9.97 Å². The minimum Gasteiger partial charge on any atom is -0.504 e. The van der Waals surface area contributed by atoms with Crippen LogP contribution in [0.3, 0.4) is 0 Å². The van der Waals surface area contributed by atoms with Gasteiger partial charge in [0.15, 0.2) is 34.5 Å². The number of nitrogens with zero attached hydrogens (tertiary/aromatic N) is 6. The predicted molar refractivity (Wildman–Crippen MR) is 366 cm³/mol. The standard InChI is InChI=1S/C25H23N2O6P.2C24H20N2O4/c1-16-8-6-9-17(2)23(16)27-22(26-20-12-5-4-11-19(20)25(27)28)15-14-18-10-7-13-21(32-3)24(18)33-34(29,30)31;1-29-18-9-6-8-17(15-18)26-22(25-20-11-4-3-10-19(20)24(26)28)14-13-16-7-5-12-21(30-2)23(16)27;1-29-20-12-6-5-11-19(20)26-22(25-18-10-4-3-9-17(18)24(26)28)15-14-16-8-7-13-21(30-2)23(16)27/h4-15H,1-3H3,(H2,29,30,31);2*3-15,27H,1-2H3/b15-14+;14-13+;15-14+. The number of para-hydroxylation sites is 9. The molecule has 0 aliphatic heterocycles. The second-order valence-corrected chi connectivity index (χ2v) is 21.9. The van der Waals surface area contributed by atoms with Crippen LogP contribution in [-0.4, -0.2) is 84.2 Å². The minimum atomic E-state index is -4.85. The number of phenols is 2. The van der Waals surface area contributed by atoms with Gasteiger partial charge in [-0.15, -0.1) is 0 Å². The van der Waals surface area contributed by atoms with Crippen LogP contribution in [-0.2, 0) is 4.57 Å². The van der Waals surface area contributed by atoms with E-state index in [-0.39, 0.29) is 39.7 Å². The van der Waals surface area contributed by atoms with Crippen LogP contribution in [0.4, 0.5) is 0 Å². The van der Waals surface area contributed by atoms with Gasteiger partial charge in [-0.3, -0.25) is 37.9 Å². The second kappa shape index (κ2) is 29.0. The fourth-order valence-corrected chi connectivity index (χ4v) is 10.9. The first-order valence-corrected chi connectivity index (χ1v) is 30.6. The highest BCUT2D eigenvalue weighted by Gasteiger charge is 2.23. The highest BCUT2D eigenvalue weighted by atomic mass is 31.2. The number of ether oxygens (including phenoxy) is 5. The Morgan fingerprint density at radius 2 is 0.798 bits per heavy atom. The van der Waals surface area contributed by atoms with E-state index in [1.54, 1.807) is 171 Å². The number of hydrogen-bond donors (Lipinski definition) is 4. The van der Waals surface area contributed by atoms with Gasteiger partial charge in [0, 0.05) is 22.8 Å². The summed E-state index contributed by atoms with van der Waals surface area (Å²) in [4.78, 5) is 73.0. The van der Waals surface area contributed by atoms with Gasteiger partial charge >= 0.3 is 7.82 Å². The summed E-state index contributed by atoms with van der Waals surface area (Å²) in [6.07, 6.45) is 9.97. The number of aromatic nitrogens is 6. The van der Waals surface area contributed by atoms with E-state index in [9.17, 15) is 38.9 Å². The molecule has 3 heterocycles. The molecule has 474 valence electrons. The summed E-state index contributed by atoms with van der Waals surface area (Å²) in [5.41, 5.74) is 6.28. The summed E-state index contributed by atoms with van der Waals surface area (Å²) < 4.78 is 47.3. The van der Waals surface area contributed by atoms with Gasteiger partial charge in [-0.05, 0) is 140 Å². The molecule has 20 nitrogen and oxygen atoms in total. The molecule has 3 aromatic heterocycles. The summed E-state index contributed by atoms with van der Waals surface area (Å²) in [5, 5.41) is 22.2. The molecule has 0 bridgehead atoms. The summed E-state index contributed by atoms with van der Waals surface area (Å²) in [5.74, 6) is 3.18. The number of rotatable bonds is 16. The lowest BCUT2D eigenvalue weighted by molar-refractivity contribution is 0.276. The third kappa shape index (κ3) is 14.2. The molecule has 12 rings (SSSR count). The van der Waals surface area contributed by atoms with Crippen molar-refractivity contribution in [1.29, 1.82) is 0 Å². The number of aromatic hydroxyl groups is 2. The summed E-state index contributed by atoms with van der Waals surface area (Å²) in [7, 11) is 2.65. The average Bonchev–Trinajstić information content (AvgIpc) is 0.783. The SMILES string of the molecule is COc1cccc(-n2c(/C=C/c3cccc(OC)c3O)nc3ccccc3c2=O)c1.COc1cccc(/C=C/c2nc3ccccc3c(=O)n2-c2c(C)cccc2C)c1OP(=O)(O)O.COc1ccccc1-n1c(/C=C/c2cccc(OC)c2O)nc2ccccc2c1=O. The maximum absolute atomic E-state index is 13.6. The van der Waals surface area contributed by atoms with Crippen molar-refractivity contribution in [3.05, 3.63) is 270 Å². The van der Waals surface area contributed by atoms with Gasteiger partial charge in [-0.1, -0.05) is 109 Å². The molecule has 0 atom stereocenters. The number of phosphoric acid groups is 1. The Morgan fingerprint density at radius 3 is 1.30 bits per heavy atom. The van der Waals surface area contributed by atoms with E-state index in [0.717, 1.165) is 16.8 Å². The molecule has 4 N–H and O–H groups in total. The van der Waals surface area contributed by atoms with Gasteiger partial charge < -0.3 is 38.4 Å². The Bertz CT molecular complexity index is 5130. The number of phosphoric ester groups is 1. The van der Waals surface area contributed by atoms with Crippen LogP contribution in [0.25, 0.3) is 86.2 Å². The van der Waals surface area contributed by atoms with Crippen molar-refractivity contribution >= 4 is 77.0 Å². The number of fused-ring (bicyclic) bond motifs is 3. The lowest BCUT2D eigenvalue weighted by Gasteiger charge is -2.16. The predicted octanol–water partition coefficient (Wildman–Crippen LogP) is 13.2. The second-order valence-electron chi connectivity index (χ2n) is 20.8. The Balaban J connectivity index is 0.000000154. The maximum Gasteiger partial charge on any atom is 0.524 e. The van der Waals surface area contributed by atoms with Crippen LogP contribution in [0, 0.1) is 13.8 Å². The molecule has 0 aliphatic rings. The third-order valence-electron chi connectivity index (χ3n) is 14.9. The fraction of sp³-hybridized carbons (Fsp3) is 0.0959. The molecule has 0 aliphatic carbocycles. The molecule has 94 heavy (non-hydrogen) atoms. The van der Waals surface area contributed by atoms with E-state index in [1.165, 1.54) is 36.5 Å². The van der Waals surface area contributed by atoms with Crippen molar-refractivity contribution in [3.63, 3.8) is 0 Å². The van der Waals surface area contributed by atoms with Gasteiger partial charge in [0.2, 0.25) is 0 Å². The molecular weight excluding hydrogens is 1220 g/mol. The van der Waals surface area contributed by atoms with Gasteiger partial charge in [0.05, 0.1) is 85.3 Å². The molecular formula is C73H63N6O14P. The number of methoxy groups -OCH3 is 5. The van der Waals surface area contributed by atoms with Crippen LogP contribution in [0.2, 0.25) is 0 Å². The van der Waals surface area contributed by atoms with Crippen molar-refractivity contribution < 1.29 is 52.8 Å². The number of hydrogen-bond acceptors (Lipinski definition) is 15. The van der Waals surface area contributed by atoms with E-state index in [4.69, 9.17) is 33.2 Å². The topological polar surface area (TPSA) is 258 Å². The van der Waals surface area contributed by atoms with Crippen LogP contribution in [0.1, 0.15) is 45.3 Å². The Labute approximate surface area is 538 Å². The summed E-state index contributed by atoms with van der Waals surface area (Å²) in [6, 6.07) is 57.0. The summed E-state index contributed by atoms with van der Waals surface area (Å²) in [6.45, 7) is 3.84. The lowest BCUT2D eigenvalue weighted by Crippen LogP contribution is -2.23. The molecule has 0 radical (unpaired) electrons. The van der Waals surface area contributed by atoms with Crippen molar-refractivity contribution in [2.75, 3.05) is 35.5 Å². The van der Waals surface area contributed by atoms with Crippen LogP contribution < -0.4 is 44.9 Å². The molecule has 9 aromatic carbocycles. The fourth-order valence-electron chi connectivity index (χ4n) is 10.4. The first kappa shape index (κ1) is 65.1. The largest absolute Gasteiger partial charge is 0.524 e. The van der Waals surface area contributed by atoms with Crippen LogP contribution >= 0.6 is 7.82 Å². The molecule has 0 fully saturated rings. The smallest absolute Gasteiger partial charge is 0.504 e. The average molecular weight is 1280 g/mol. The van der Waals surface area contributed by atoms with Gasteiger partial charge in [0.1, 0.15) is 29.0 Å². The molecule has 0 spiro atoms. The quantitative estimate of drug-likeness (QED) is 0.0656. The minimum absolute atomic E-state index is 0.0169. The normalized spacial score (nSPS) is 11.4. The van der Waals surface area contributed by atoms with Crippen molar-refractivity contribution in [2.24, 2.45) is 0 Å². The molecule has 0 saturated carbocycles. The number of aryl methyl sites for hydroxylation is 2. The maximum atomic E-state index is 13.6. The number of phenolic OH excluding ortho intramolecular Hbond substituents is 2. The van der Waals surface area contributed by atoms with Gasteiger partial charge in [-0.2, -0.15) is 0 Å². The van der Waals surface area contributed by atoms with E-state index >= 15 is 0 Å². The Morgan fingerprint density at radius 1 is 0.404 bits per heavy atom. The van der Waals surface area contributed by atoms with Crippen molar-refractivity contribution in [3.8, 4) is 63.1 Å². The van der Waals surface area contributed by atoms with Gasteiger partial charge in [0.25, 0.3) is 16.7 Å². The molecule has 0 unspecified atom stereocenters. The zero-order valence-electron chi connectivity index (χ0n) is 51.9. The highest BCUT2D eigenvalue weighted by Crippen LogP contribution is 2.44. The molecule has 0 saturated heterocycles. The molecule has 12 aromatic rings. The highest BCUT2D eigenvalue weighted by molar-refractivity contribution is 7.46. The van der Waals surface area contributed by atoms with E-state index < -0.39 is 7.82 Å². The van der Waals surface area contributed by atoms with Crippen molar-refractivity contribution in [2.45, 2.75) is 13.8 Å². The molecule has 0 amide bonds. The Kier molecular flexibility index (Phi) is 20.1. The summed E-state index contributed by atoms with van der Waals surface area (Å²) >= 11 is 0. The molecule has 21 heteroatoms.